The molecule has 0 saturated heterocycles. The Bertz CT molecular complexity index is 579. The van der Waals surface area contributed by atoms with Crippen LogP contribution in [0.3, 0.4) is 0 Å². The van der Waals surface area contributed by atoms with Crippen molar-refractivity contribution in [2.24, 2.45) is 0 Å². The van der Waals surface area contributed by atoms with Crippen molar-refractivity contribution in [1.29, 1.82) is 0 Å². The third-order valence-corrected chi connectivity index (χ3v) is 5.78. The minimum atomic E-state index is -0.125. The molecule has 1 unspecified atom stereocenters. The van der Waals surface area contributed by atoms with E-state index >= 15 is 0 Å². The molecule has 1 heterocycles. The third kappa shape index (κ3) is 3.16. The molecule has 0 saturated carbocycles. The Morgan fingerprint density at radius 3 is 2.37 bits per heavy atom. The molecule has 19 heavy (non-hydrogen) atoms. The lowest BCUT2D eigenvalue weighted by Crippen LogP contribution is -2.07. The van der Waals surface area contributed by atoms with Crippen molar-refractivity contribution in [3.05, 3.63) is 56.2 Å². The standard InChI is InChI=1S/C16H18Cl2S/c1-10-11(6-5-7-12(10)17)15(18)13-8-9-14(19-13)16(2,3)4/h5-9,15H,1-4H3. The minimum absolute atomic E-state index is 0.125. The van der Waals surface area contributed by atoms with Crippen molar-refractivity contribution in [3.63, 3.8) is 0 Å². The normalized spacial score (nSPS) is 13.6. The fraction of sp³-hybridized carbons (Fsp3) is 0.375. The van der Waals surface area contributed by atoms with Gasteiger partial charge in [-0.2, -0.15) is 0 Å². The van der Waals surface area contributed by atoms with E-state index in [0.29, 0.717) is 0 Å². The molecule has 0 nitrogen and oxygen atoms in total. The highest BCUT2D eigenvalue weighted by atomic mass is 35.5. The van der Waals surface area contributed by atoms with Crippen LogP contribution in [0.1, 0.15) is 47.0 Å². The summed E-state index contributed by atoms with van der Waals surface area (Å²) in [6.45, 7) is 8.68. The number of thiophene rings is 1. The van der Waals surface area contributed by atoms with Crippen molar-refractivity contribution < 1.29 is 0 Å². The molecule has 1 aromatic carbocycles. The highest BCUT2D eigenvalue weighted by Crippen LogP contribution is 2.39. The second-order valence-electron chi connectivity index (χ2n) is 5.77. The van der Waals surface area contributed by atoms with Crippen LogP contribution in [0.15, 0.2) is 30.3 Å². The monoisotopic (exact) mass is 312 g/mol. The largest absolute Gasteiger partial charge is 0.143 e. The number of rotatable bonds is 2. The van der Waals surface area contributed by atoms with E-state index < -0.39 is 0 Å². The summed E-state index contributed by atoms with van der Waals surface area (Å²) >= 11 is 14.6. The summed E-state index contributed by atoms with van der Waals surface area (Å²) in [5.41, 5.74) is 2.33. The van der Waals surface area contributed by atoms with Crippen molar-refractivity contribution in [1.82, 2.24) is 0 Å². The molecule has 3 heteroatoms. The van der Waals surface area contributed by atoms with E-state index in [0.717, 1.165) is 16.1 Å². The summed E-state index contributed by atoms with van der Waals surface area (Å²) < 4.78 is 0. The van der Waals surface area contributed by atoms with Gasteiger partial charge >= 0.3 is 0 Å². The predicted molar refractivity (Wildman–Crippen MR) is 86.9 cm³/mol. The summed E-state index contributed by atoms with van der Waals surface area (Å²) in [7, 11) is 0. The van der Waals surface area contributed by atoms with Gasteiger partial charge in [0.05, 0.1) is 5.38 Å². The Morgan fingerprint density at radius 1 is 1.11 bits per heavy atom. The quantitative estimate of drug-likeness (QED) is 0.568. The van der Waals surface area contributed by atoms with E-state index in [-0.39, 0.29) is 10.8 Å². The van der Waals surface area contributed by atoms with Crippen LogP contribution < -0.4 is 0 Å². The molecule has 0 aliphatic heterocycles. The Morgan fingerprint density at radius 2 is 1.79 bits per heavy atom. The van der Waals surface area contributed by atoms with Crippen molar-refractivity contribution in [3.8, 4) is 0 Å². The summed E-state index contributed by atoms with van der Waals surface area (Å²) in [6, 6.07) is 10.2. The van der Waals surface area contributed by atoms with Crippen molar-refractivity contribution in [2.75, 3.05) is 0 Å². The van der Waals surface area contributed by atoms with E-state index in [1.807, 2.05) is 19.1 Å². The summed E-state index contributed by atoms with van der Waals surface area (Å²) in [4.78, 5) is 2.53. The number of hydrogen-bond acceptors (Lipinski definition) is 1. The van der Waals surface area contributed by atoms with E-state index in [1.165, 1.54) is 9.75 Å². The Labute approximate surface area is 129 Å². The number of benzene rings is 1. The summed E-state index contributed by atoms with van der Waals surface area (Å²) in [5.74, 6) is 0. The highest BCUT2D eigenvalue weighted by Gasteiger charge is 2.21. The number of alkyl halides is 1. The fourth-order valence-corrected chi connectivity index (χ4v) is 3.63. The SMILES string of the molecule is Cc1c(Cl)cccc1C(Cl)c1ccc(C(C)(C)C)s1. The fourth-order valence-electron chi connectivity index (χ4n) is 1.94. The maximum Gasteiger partial charge on any atom is 0.0930 e. The molecule has 0 aliphatic carbocycles. The zero-order chi connectivity index (χ0) is 14.2. The molecule has 0 N–H and O–H groups in total. The second kappa shape index (κ2) is 5.47. The molecule has 0 amide bonds. The molecule has 0 bridgehead atoms. The molecular weight excluding hydrogens is 295 g/mol. The summed E-state index contributed by atoms with van der Waals surface area (Å²) in [6.07, 6.45) is 0. The molecule has 1 atom stereocenters. The van der Waals surface area contributed by atoms with Gasteiger partial charge in [-0.3, -0.25) is 0 Å². The maximum atomic E-state index is 6.62. The Hall–Kier alpha value is -0.500. The van der Waals surface area contributed by atoms with Gasteiger partial charge < -0.3 is 0 Å². The summed E-state index contributed by atoms with van der Waals surface area (Å²) in [5, 5.41) is 0.649. The number of hydrogen-bond donors (Lipinski definition) is 0. The van der Waals surface area contributed by atoms with Gasteiger partial charge in [0.1, 0.15) is 0 Å². The van der Waals surface area contributed by atoms with Crippen LogP contribution in [-0.4, -0.2) is 0 Å². The Kier molecular flexibility index (Phi) is 4.29. The lowest BCUT2D eigenvalue weighted by molar-refractivity contribution is 0.604. The van der Waals surface area contributed by atoms with Crippen LogP contribution in [0.5, 0.6) is 0 Å². The number of halogens is 2. The van der Waals surface area contributed by atoms with E-state index in [4.69, 9.17) is 23.2 Å². The third-order valence-electron chi connectivity index (χ3n) is 3.20. The zero-order valence-corrected chi connectivity index (χ0v) is 14.0. The van der Waals surface area contributed by atoms with Gasteiger partial charge in [-0.05, 0) is 41.7 Å². The average Bonchev–Trinajstić information content (AvgIpc) is 2.81. The molecule has 0 radical (unpaired) electrons. The molecule has 102 valence electrons. The van der Waals surface area contributed by atoms with E-state index in [9.17, 15) is 0 Å². The van der Waals surface area contributed by atoms with Crippen molar-refractivity contribution >= 4 is 34.5 Å². The van der Waals surface area contributed by atoms with E-state index in [1.54, 1.807) is 11.3 Å². The lowest BCUT2D eigenvalue weighted by Gasteiger charge is -2.16. The first-order valence-corrected chi connectivity index (χ1v) is 7.93. The molecule has 2 rings (SSSR count). The molecule has 0 aliphatic rings. The average molecular weight is 313 g/mol. The second-order valence-corrected chi connectivity index (χ2v) is 7.73. The first-order chi connectivity index (χ1) is 8.80. The van der Waals surface area contributed by atoms with Crippen LogP contribution in [0.2, 0.25) is 5.02 Å². The molecule has 2 aromatic rings. The lowest BCUT2D eigenvalue weighted by atomic mass is 9.95. The van der Waals surface area contributed by atoms with Crippen molar-refractivity contribution in [2.45, 2.75) is 38.5 Å². The Balaban J connectivity index is 2.37. The maximum absolute atomic E-state index is 6.62. The predicted octanol–water partition coefficient (Wildman–Crippen LogP) is 6.34. The van der Waals surface area contributed by atoms with Gasteiger partial charge in [0.25, 0.3) is 0 Å². The molecule has 1 aromatic heterocycles. The van der Waals surface area contributed by atoms with Crippen LogP contribution in [-0.2, 0) is 5.41 Å². The van der Waals surface area contributed by atoms with Gasteiger partial charge in [-0.1, -0.05) is 44.5 Å². The molecule has 0 fully saturated rings. The smallest absolute Gasteiger partial charge is 0.0930 e. The van der Waals surface area contributed by atoms with Crippen LogP contribution in [0.4, 0.5) is 0 Å². The van der Waals surface area contributed by atoms with E-state index in [2.05, 4.69) is 39.0 Å². The van der Waals surface area contributed by atoms with Crippen LogP contribution >= 0.6 is 34.5 Å². The molecular formula is C16H18Cl2S. The van der Waals surface area contributed by atoms with Gasteiger partial charge in [0, 0.05) is 14.8 Å². The topological polar surface area (TPSA) is 0 Å². The van der Waals surface area contributed by atoms with Gasteiger partial charge in [-0.25, -0.2) is 0 Å². The minimum Gasteiger partial charge on any atom is -0.143 e. The van der Waals surface area contributed by atoms with Gasteiger partial charge in [0.15, 0.2) is 0 Å². The highest BCUT2D eigenvalue weighted by molar-refractivity contribution is 7.12. The van der Waals surface area contributed by atoms with Gasteiger partial charge in [0.2, 0.25) is 0 Å². The molecule has 0 spiro atoms. The van der Waals surface area contributed by atoms with Gasteiger partial charge in [-0.15, -0.1) is 22.9 Å². The van der Waals surface area contributed by atoms with Crippen LogP contribution in [0.25, 0.3) is 0 Å². The zero-order valence-electron chi connectivity index (χ0n) is 11.6. The first-order valence-electron chi connectivity index (χ1n) is 6.30. The van der Waals surface area contributed by atoms with Crippen LogP contribution in [0, 0.1) is 6.92 Å². The first kappa shape index (κ1) is 14.9.